The predicted molar refractivity (Wildman–Crippen MR) is 116 cm³/mol. The molecular weight excluding hydrogens is 418 g/mol. The lowest BCUT2D eigenvalue weighted by Crippen LogP contribution is -2.48. The van der Waals surface area contributed by atoms with Crippen LogP contribution in [0.4, 0.5) is 10.5 Å². The number of nitrogens with zero attached hydrogens (tertiary/aromatic N) is 3. The second-order valence-electron chi connectivity index (χ2n) is 7.76. The van der Waals surface area contributed by atoms with Crippen LogP contribution in [0.15, 0.2) is 53.4 Å². The fraction of sp³-hybridized carbons (Fsp3) is 0.364. The SMILES string of the molecule is COc1ccc(C)cc1S(=O)(=O)N1CCC(N2CC(=O)N(c3ccccc3)C2=O)CC1. The Morgan fingerprint density at radius 3 is 2.32 bits per heavy atom. The van der Waals surface area contributed by atoms with E-state index in [1.165, 1.54) is 16.3 Å². The third kappa shape index (κ3) is 3.90. The molecule has 0 atom stereocenters. The van der Waals surface area contributed by atoms with Crippen LogP contribution < -0.4 is 9.64 Å². The Hall–Kier alpha value is -2.91. The molecule has 0 saturated carbocycles. The van der Waals surface area contributed by atoms with E-state index in [9.17, 15) is 18.0 Å². The second kappa shape index (κ2) is 8.32. The molecule has 2 aliphatic heterocycles. The highest BCUT2D eigenvalue weighted by Crippen LogP contribution is 2.31. The first kappa shape index (κ1) is 21.3. The number of carbonyl (C=O) groups is 2. The minimum atomic E-state index is -3.72. The number of piperidine rings is 1. The molecule has 31 heavy (non-hydrogen) atoms. The number of anilines is 1. The van der Waals surface area contributed by atoms with Gasteiger partial charge in [0, 0.05) is 19.1 Å². The van der Waals surface area contributed by atoms with Crippen molar-refractivity contribution in [3.05, 3.63) is 54.1 Å². The predicted octanol–water partition coefficient (Wildman–Crippen LogP) is 2.63. The Balaban J connectivity index is 1.47. The molecule has 0 unspecified atom stereocenters. The topological polar surface area (TPSA) is 87.2 Å². The van der Waals surface area contributed by atoms with Crippen molar-refractivity contribution >= 4 is 27.6 Å². The van der Waals surface area contributed by atoms with Crippen LogP contribution in [-0.2, 0) is 14.8 Å². The Kier molecular flexibility index (Phi) is 5.72. The summed E-state index contributed by atoms with van der Waals surface area (Å²) in [6.07, 6.45) is 0.935. The van der Waals surface area contributed by atoms with E-state index < -0.39 is 10.0 Å². The number of aryl methyl sites for hydroxylation is 1. The summed E-state index contributed by atoms with van der Waals surface area (Å²) in [7, 11) is -2.28. The minimum Gasteiger partial charge on any atom is -0.495 e. The molecule has 9 heteroatoms. The van der Waals surface area contributed by atoms with E-state index in [1.807, 2.05) is 13.0 Å². The zero-order valence-corrected chi connectivity index (χ0v) is 18.3. The molecular formula is C22H25N3O5S. The highest BCUT2D eigenvalue weighted by molar-refractivity contribution is 7.89. The minimum absolute atomic E-state index is 0.0108. The lowest BCUT2D eigenvalue weighted by molar-refractivity contribution is -0.116. The van der Waals surface area contributed by atoms with Crippen LogP contribution in [0.3, 0.4) is 0 Å². The number of urea groups is 1. The second-order valence-corrected chi connectivity index (χ2v) is 9.67. The van der Waals surface area contributed by atoms with Crippen LogP contribution in [0.2, 0.25) is 0 Å². The van der Waals surface area contributed by atoms with Gasteiger partial charge in [-0.05, 0) is 49.6 Å². The van der Waals surface area contributed by atoms with Gasteiger partial charge in [-0.3, -0.25) is 4.79 Å². The van der Waals surface area contributed by atoms with Crippen molar-refractivity contribution in [2.24, 2.45) is 0 Å². The van der Waals surface area contributed by atoms with Crippen LogP contribution in [0.1, 0.15) is 18.4 Å². The molecule has 0 radical (unpaired) electrons. The zero-order chi connectivity index (χ0) is 22.2. The number of para-hydroxylation sites is 1. The highest BCUT2D eigenvalue weighted by atomic mass is 32.2. The molecule has 0 aromatic heterocycles. The average molecular weight is 444 g/mol. The van der Waals surface area contributed by atoms with Gasteiger partial charge in [0.25, 0.3) is 5.91 Å². The number of ether oxygens (including phenoxy) is 1. The monoisotopic (exact) mass is 443 g/mol. The van der Waals surface area contributed by atoms with E-state index in [0.717, 1.165) is 5.56 Å². The maximum atomic E-state index is 13.2. The number of hydrogen-bond acceptors (Lipinski definition) is 5. The molecule has 0 aliphatic carbocycles. The Bertz CT molecular complexity index is 1100. The van der Waals surface area contributed by atoms with Crippen LogP contribution >= 0.6 is 0 Å². The normalized spacial score (nSPS) is 18.6. The number of hydrogen-bond donors (Lipinski definition) is 0. The van der Waals surface area contributed by atoms with Crippen molar-refractivity contribution in [3.8, 4) is 5.75 Å². The number of rotatable bonds is 5. The van der Waals surface area contributed by atoms with Crippen molar-refractivity contribution in [2.45, 2.75) is 30.7 Å². The van der Waals surface area contributed by atoms with Crippen molar-refractivity contribution in [3.63, 3.8) is 0 Å². The Labute approximate surface area is 182 Å². The molecule has 2 heterocycles. The fourth-order valence-electron chi connectivity index (χ4n) is 4.15. The highest BCUT2D eigenvalue weighted by Gasteiger charge is 2.42. The van der Waals surface area contributed by atoms with E-state index in [1.54, 1.807) is 47.4 Å². The van der Waals surface area contributed by atoms with E-state index in [-0.39, 0.29) is 42.5 Å². The van der Waals surface area contributed by atoms with Gasteiger partial charge in [0.15, 0.2) is 0 Å². The smallest absolute Gasteiger partial charge is 0.332 e. The van der Waals surface area contributed by atoms with Crippen LogP contribution in [-0.4, -0.2) is 62.3 Å². The molecule has 0 spiro atoms. The third-order valence-electron chi connectivity index (χ3n) is 5.81. The van der Waals surface area contributed by atoms with Crippen molar-refractivity contribution < 1.29 is 22.7 Å². The Morgan fingerprint density at radius 1 is 1.00 bits per heavy atom. The van der Waals surface area contributed by atoms with Crippen molar-refractivity contribution in [1.29, 1.82) is 0 Å². The molecule has 2 aliphatic rings. The molecule has 3 amide bonds. The maximum absolute atomic E-state index is 13.2. The maximum Gasteiger partial charge on any atom is 0.332 e. The summed E-state index contributed by atoms with van der Waals surface area (Å²) in [6.45, 7) is 2.39. The number of amides is 3. The first-order chi connectivity index (χ1) is 14.8. The van der Waals surface area contributed by atoms with Gasteiger partial charge in [-0.1, -0.05) is 24.3 Å². The molecule has 8 nitrogen and oxygen atoms in total. The summed E-state index contributed by atoms with van der Waals surface area (Å²) in [5.74, 6) is 0.0438. The van der Waals surface area contributed by atoms with Crippen LogP contribution in [0.25, 0.3) is 0 Å². The standard InChI is InChI=1S/C22H25N3O5S/c1-16-8-9-19(30-2)20(14-16)31(28,29)23-12-10-17(11-13-23)24-15-21(26)25(22(24)27)18-6-4-3-5-7-18/h3-9,14,17H,10-13,15H2,1-2H3. The zero-order valence-electron chi connectivity index (χ0n) is 17.5. The molecule has 2 aromatic rings. The number of benzene rings is 2. The lowest BCUT2D eigenvalue weighted by Gasteiger charge is -2.35. The lowest BCUT2D eigenvalue weighted by atomic mass is 10.1. The van der Waals surface area contributed by atoms with Gasteiger partial charge in [-0.25, -0.2) is 18.1 Å². The average Bonchev–Trinajstić information content (AvgIpc) is 3.08. The summed E-state index contributed by atoms with van der Waals surface area (Å²) in [6, 6.07) is 13.4. The van der Waals surface area contributed by atoms with Gasteiger partial charge in [-0.2, -0.15) is 4.31 Å². The van der Waals surface area contributed by atoms with Gasteiger partial charge in [0.05, 0.1) is 12.8 Å². The van der Waals surface area contributed by atoms with Crippen molar-refractivity contribution in [1.82, 2.24) is 9.21 Å². The summed E-state index contributed by atoms with van der Waals surface area (Å²) in [5.41, 5.74) is 1.38. The van der Waals surface area contributed by atoms with Crippen LogP contribution in [0, 0.1) is 6.92 Å². The summed E-state index contributed by atoms with van der Waals surface area (Å²) >= 11 is 0. The first-order valence-corrected chi connectivity index (χ1v) is 11.6. The molecule has 0 N–H and O–H groups in total. The summed E-state index contributed by atoms with van der Waals surface area (Å²) < 4.78 is 33.1. The first-order valence-electron chi connectivity index (χ1n) is 10.2. The largest absolute Gasteiger partial charge is 0.495 e. The van der Waals surface area contributed by atoms with E-state index >= 15 is 0 Å². The molecule has 2 saturated heterocycles. The quantitative estimate of drug-likeness (QED) is 0.663. The Morgan fingerprint density at radius 2 is 1.68 bits per heavy atom. The van der Waals surface area contributed by atoms with E-state index in [2.05, 4.69) is 0 Å². The summed E-state index contributed by atoms with van der Waals surface area (Å²) in [5, 5.41) is 0. The van der Waals surface area contributed by atoms with Crippen molar-refractivity contribution in [2.75, 3.05) is 31.6 Å². The number of sulfonamides is 1. The van der Waals surface area contributed by atoms with Gasteiger partial charge in [-0.15, -0.1) is 0 Å². The van der Waals surface area contributed by atoms with Crippen LogP contribution in [0.5, 0.6) is 5.75 Å². The van der Waals surface area contributed by atoms with Gasteiger partial charge in [0.2, 0.25) is 10.0 Å². The summed E-state index contributed by atoms with van der Waals surface area (Å²) in [4.78, 5) is 28.3. The van der Waals surface area contributed by atoms with Gasteiger partial charge < -0.3 is 9.64 Å². The van der Waals surface area contributed by atoms with Gasteiger partial charge in [0.1, 0.15) is 17.2 Å². The third-order valence-corrected chi connectivity index (χ3v) is 7.73. The molecule has 164 valence electrons. The molecule has 2 fully saturated rings. The molecule has 0 bridgehead atoms. The van der Waals surface area contributed by atoms with E-state index in [4.69, 9.17) is 4.74 Å². The van der Waals surface area contributed by atoms with E-state index in [0.29, 0.717) is 24.3 Å². The van der Waals surface area contributed by atoms with Gasteiger partial charge >= 0.3 is 6.03 Å². The molecule has 4 rings (SSSR count). The fourth-order valence-corrected chi connectivity index (χ4v) is 5.86. The number of carbonyl (C=O) groups excluding carboxylic acids is 2. The number of imide groups is 1. The molecule has 2 aromatic carbocycles. The number of methoxy groups -OCH3 is 1.